The molecular weight excluding hydrogens is 290 g/mol. The molecule has 2 aromatic carbocycles. The van der Waals surface area contributed by atoms with Gasteiger partial charge in [0.2, 0.25) is 0 Å². The van der Waals surface area contributed by atoms with Gasteiger partial charge in [-0.05, 0) is 53.6 Å². The first-order chi connectivity index (χ1) is 10.3. The van der Waals surface area contributed by atoms with E-state index in [2.05, 4.69) is 52.0 Å². The highest BCUT2D eigenvalue weighted by Crippen LogP contribution is 2.30. The van der Waals surface area contributed by atoms with Gasteiger partial charge < -0.3 is 5.73 Å². The average Bonchev–Trinajstić information content (AvgIpc) is 2.46. The molecule has 0 spiro atoms. The summed E-state index contributed by atoms with van der Waals surface area (Å²) in [6.07, 6.45) is 0.880. The van der Waals surface area contributed by atoms with Gasteiger partial charge in [-0.15, -0.1) is 0 Å². The van der Waals surface area contributed by atoms with E-state index in [4.69, 9.17) is 17.3 Å². The maximum atomic E-state index is 6.32. The van der Waals surface area contributed by atoms with E-state index >= 15 is 0 Å². The van der Waals surface area contributed by atoms with Crippen LogP contribution < -0.4 is 5.73 Å². The number of rotatable bonds is 4. The maximum absolute atomic E-state index is 6.32. The molecule has 0 aromatic heterocycles. The Morgan fingerprint density at radius 3 is 2.36 bits per heavy atom. The van der Waals surface area contributed by atoms with Crippen LogP contribution in [0.15, 0.2) is 42.5 Å². The summed E-state index contributed by atoms with van der Waals surface area (Å²) in [6, 6.07) is 14.8. The standard InChI is InChI=1S/C20H26ClN/c1-14-9-10-17(20(2,3)4)12-18(14)16(13-22)11-15-7-5-6-8-19(15)21/h5-10,12,16H,11,13,22H2,1-4H3. The van der Waals surface area contributed by atoms with E-state index in [1.54, 1.807) is 0 Å². The highest BCUT2D eigenvalue weighted by molar-refractivity contribution is 6.31. The third kappa shape index (κ3) is 3.91. The van der Waals surface area contributed by atoms with Crippen molar-refractivity contribution in [2.75, 3.05) is 6.54 Å². The second kappa shape index (κ2) is 6.85. The molecule has 0 heterocycles. The van der Waals surface area contributed by atoms with Crippen molar-refractivity contribution in [3.63, 3.8) is 0 Å². The maximum Gasteiger partial charge on any atom is 0.0438 e. The molecule has 0 bridgehead atoms. The Balaban J connectivity index is 2.37. The van der Waals surface area contributed by atoms with Gasteiger partial charge in [0.15, 0.2) is 0 Å². The van der Waals surface area contributed by atoms with Crippen molar-refractivity contribution >= 4 is 11.6 Å². The van der Waals surface area contributed by atoms with Crippen molar-refractivity contribution in [2.24, 2.45) is 5.73 Å². The van der Waals surface area contributed by atoms with Crippen molar-refractivity contribution < 1.29 is 0 Å². The average molecular weight is 316 g/mol. The molecule has 0 saturated carbocycles. The normalized spacial score (nSPS) is 13.2. The topological polar surface area (TPSA) is 26.0 Å². The summed E-state index contributed by atoms with van der Waals surface area (Å²) in [6.45, 7) is 9.52. The number of aryl methyl sites for hydroxylation is 1. The lowest BCUT2D eigenvalue weighted by atomic mass is 9.81. The molecule has 22 heavy (non-hydrogen) atoms. The van der Waals surface area contributed by atoms with Crippen LogP contribution in [-0.2, 0) is 11.8 Å². The van der Waals surface area contributed by atoms with Crippen LogP contribution in [0.25, 0.3) is 0 Å². The molecular formula is C20H26ClN. The molecule has 0 aliphatic carbocycles. The second-order valence-electron chi connectivity index (χ2n) is 7.05. The van der Waals surface area contributed by atoms with Gasteiger partial charge in [-0.1, -0.05) is 68.8 Å². The number of hydrogen-bond donors (Lipinski definition) is 1. The predicted molar refractivity (Wildman–Crippen MR) is 96.8 cm³/mol. The second-order valence-corrected chi connectivity index (χ2v) is 7.46. The molecule has 2 heteroatoms. The Morgan fingerprint density at radius 1 is 1.09 bits per heavy atom. The summed E-state index contributed by atoms with van der Waals surface area (Å²) >= 11 is 6.32. The van der Waals surface area contributed by atoms with Crippen molar-refractivity contribution in [3.05, 3.63) is 69.7 Å². The fourth-order valence-electron chi connectivity index (χ4n) is 2.80. The van der Waals surface area contributed by atoms with Crippen LogP contribution in [0.1, 0.15) is 48.9 Å². The summed E-state index contributed by atoms with van der Waals surface area (Å²) in [5, 5.41) is 0.825. The largest absolute Gasteiger partial charge is 0.330 e. The van der Waals surface area contributed by atoms with E-state index < -0.39 is 0 Å². The zero-order chi connectivity index (χ0) is 16.3. The molecule has 0 radical (unpaired) electrons. The lowest BCUT2D eigenvalue weighted by molar-refractivity contribution is 0.586. The number of hydrogen-bond acceptors (Lipinski definition) is 1. The van der Waals surface area contributed by atoms with Crippen LogP contribution in [0.2, 0.25) is 5.02 Å². The number of nitrogens with two attached hydrogens (primary N) is 1. The van der Waals surface area contributed by atoms with Crippen molar-refractivity contribution in [3.8, 4) is 0 Å². The predicted octanol–water partition coefficient (Wildman–Crippen LogP) is 5.23. The van der Waals surface area contributed by atoms with Gasteiger partial charge in [0, 0.05) is 10.9 Å². The minimum Gasteiger partial charge on any atom is -0.330 e. The lowest BCUT2D eigenvalue weighted by Crippen LogP contribution is -2.18. The van der Waals surface area contributed by atoms with Crippen LogP contribution in [0.4, 0.5) is 0 Å². The first kappa shape index (κ1) is 17.1. The quantitative estimate of drug-likeness (QED) is 0.821. The van der Waals surface area contributed by atoms with Crippen molar-refractivity contribution in [1.29, 1.82) is 0 Å². The number of halogens is 1. The van der Waals surface area contributed by atoms with Gasteiger partial charge in [0.1, 0.15) is 0 Å². The van der Waals surface area contributed by atoms with E-state index in [0.717, 1.165) is 11.4 Å². The molecule has 1 atom stereocenters. The summed E-state index contributed by atoms with van der Waals surface area (Å²) in [7, 11) is 0. The monoisotopic (exact) mass is 315 g/mol. The molecule has 0 saturated heterocycles. The van der Waals surface area contributed by atoms with E-state index in [0.29, 0.717) is 12.5 Å². The fraction of sp³-hybridized carbons (Fsp3) is 0.400. The highest BCUT2D eigenvalue weighted by atomic mass is 35.5. The van der Waals surface area contributed by atoms with E-state index in [-0.39, 0.29) is 5.41 Å². The zero-order valence-corrected chi connectivity index (χ0v) is 14.7. The van der Waals surface area contributed by atoms with Crippen LogP contribution in [-0.4, -0.2) is 6.54 Å². The zero-order valence-electron chi connectivity index (χ0n) is 14.0. The van der Waals surface area contributed by atoms with Crippen LogP contribution in [0, 0.1) is 6.92 Å². The Labute approximate surface area is 139 Å². The van der Waals surface area contributed by atoms with E-state index in [1.165, 1.54) is 22.3 Å². The summed E-state index contributed by atoms with van der Waals surface area (Å²) in [5.74, 6) is 0.294. The highest BCUT2D eigenvalue weighted by Gasteiger charge is 2.19. The van der Waals surface area contributed by atoms with E-state index in [1.807, 2.05) is 18.2 Å². The Hall–Kier alpha value is -1.31. The van der Waals surface area contributed by atoms with Gasteiger partial charge in [-0.2, -0.15) is 0 Å². The molecule has 1 unspecified atom stereocenters. The van der Waals surface area contributed by atoms with Crippen LogP contribution in [0.3, 0.4) is 0 Å². The Morgan fingerprint density at radius 2 is 1.77 bits per heavy atom. The van der Waals surface area contributed by atoms with Crippen molar-refractivity contribution in [2.45, 2.75) is 45.4 Å². The third-order valence-corrected chi connectivity index (χ3v) is 4.66. The SMILES string of the molecule is Cc1ccc(C(C)(C)C)cc1C(CN)Cc1ccccc1Cl. The molecule has 1 nitrogen and oxygen atoms in total. The first-order valence-corrected chi connectivity index (χ1v) is 8.25. The Bertz CT molecular complexity index is 640. The van der Waals surface area contributed by atoms with Gasteiger partial charge in [0.05, 0.1) is 0 Å². The fourth-order valence-corrected chi connectivity index (χ4v) is 3.01. The van der Waals surface area contributed by atoms with Gasteiger partial charge in [0.25, 0.3) is 0 Å². The molecule has 2 N–H and O–H groups in total. The summed E-state index contributed by atoms with van der Waals surface area (Å²) in [5.41, 5.74) is 11.4. The molecule has 118 valence electrons. The van der Waals surface area contributed by atoms with E-state index in [9.17, 15) is 0 Å². The van der Waals surface area contributed by atoms with Gasteiger partial charge in [-0.25, -0.2) is 0 Å². The first-order valence-electron chi connectivity index (χ1n) is 7.87. The third-order valence-electron chi connectivity index (χ3n) is 4.29. The van der Waals surface area contributed by atoms with Crippen LogP contribution in [0.5, 0.6) is 0 Å². The van der Waals surface area contributed by atoms with Crippen LogP contribution >= 0.6 is 11.6 Å². The smallest absolute Gasteiger partial charge is 0.0438 e. The summed E-state index contributed by atoms with van der Waals surface area (Å²) < 4.78 is 0. The lowest BCUT2D eigenvalue weighted by Gasteiger charge is -2.24. The van der Waals surface area contributed by atoms with Gasteiger partial charge in [-0.3, -0.25) is 0 Å². The molecule has 0 fully saturated rings. The summed E-state index contributed by atoms with van der Waals surface area (Å²) in [4.78, 5) is 0. The molecule has 2 aromatic rings. The molecule has 0 aliphatic heterocycles. The molecule has 0 amide bonds. The van der Waals surface area contributed by atoms with Gasteiger partial charge >= 0.3 is 0 Å². The van der Waals surface area contributed by atoms with Crippen molar-refractivity contribution in [1.82, 2.24) is 0 Å². The number of benzene rings is 2. The molecule has 2 rings (SSSR count). The minimum atomic E-state index is 0.145. The Kier molecular flexibility index (Phi) is 5.31. The minimum absolute atomic E-state index is 0.145. The molecule has 0 aliphatic rings.